The summed E-state index contributed by atoms with van der Waals surface area (Å²) in [4.78, 5) is 13.9. The third-order valence-corrected chi connectivity index (χ3v) is 3.62. The van der Waals surface area contributed by atoms with Gasteiger partial charge in [-0.3, -0.25) is 4.79 Å². The summed E-state index contributed by atoms with van der Waals surface area (Å²) in [5.74, 6) is 0.729. The maximum absolute atomic E-state index is 11.9. The van der Waals surface area contributed by atoms with Crippen molar-refractivity contribution in [1.82, 2.24) is 10.2 Å². The number of nitrogens with zero attached hydrogens (tertiary/aromatic N) is 1. The van der Waals surface area contributed by atoms with E-state index in [0.717, 1.165) is 25.9 Å². The first-order valence-corrected chi connectivity index (χ1v) is 5.76. The lowest BCUT2D eigenvalue weighted by molar-refractivity contribution is -0.139. The molecular weight excluding hydrogens is 176 g/mol. The van der Waals surface area contributed by atoms with E-state index in [4.69, 9.17) is 0 Å². The van der Waals surface area contributed by atoms with Gasteiger partial charge < -0.3 is 10.2 Å². The third kappa shape index (κ3) is 1.92. The van der Waals surface area contributed by atoms with E-state index in [1.54, 1.807) is 0 Å². The molecule has 2 rings (SSSR count). The molecule has 3 nitrogen and oxygen atoms in total. The van der Waals surface area contributed by atoms with Gasteiger partial charge in [-0.05, 0) is 32.2 Å². The molecule has 2 aliphatic rings. The lowest BCUT2D eigenvalue weighted by Crippen LogP contribution is -2.49. The average Bonchev–Trinajstić information content (AvgIpc) is 2.15. The zero-order valence-electron chi connectivity index (χ0n) is 8.96. The van der Waals surface area contributed by atoms with Gasteiger partial charge in [0.1, 0.15) is 0 Å². The molecular formula is C11H20N2O. The van der Waals surface area contributed by atoms with Gasteiger partial charge in [0.05, 0.1) is 0 Å². The number of rotatable bonds is 2. The fourth-order valence-electron chi connectivity index (χ4n) is 2.29. The normalized spacial score (nSPS) is 28.2. The van der Waals surface area contributed by atoms with Gasteiger partial charge in [0.2, 0.25) is 5.91 Å². The van der Waals surface area contributed by atoms with Gasteiger partial charge >= 0.3 is 0 Å². The van der Waals surface area contributed by atoms with Crippen LogP contribution in [-0.2, 0) is 4.79 Å². The van der Waals surface area contributed by atoms with Crippen LogP contribution in [-0.4, -0.2) is 37.0 Å². The van der Waals surface area contributed by atoms with Crippen LogP contribution >= 0.6 is 0 Å². The Morgan fingerprint density at radius 3 is 2.57 bits per heavy atom. The Balaban J connectivity index is 1.85. The Kier molecular flexibility index (Phi) is 3.06. The second kappa shape index (κ2) is 4.30. The standard InChI is InChI=1S/C11H20N2O/c1-13(10-6-3-7-12-8-10)11(14)9-4-2-5-9/h9-10,12H,2-8H2,1H3/t10-/m0/s1. The molecule has 1 aliphatic carbocycles. The van der Waals surface area contributed by atoms with E-state index in [0.29, 0.717) is 17.9 Å². The summed E-state index contributed by atoms with van der Waals surface area (Å²) in [5, 5.41) is 3.35. The highest BCUT2D eigenvalue weighted by atomic mass is 16.2. The number of hydrogen-bond acceptors (Lipinski definition) is 2. The van der Waals surface area contributed by atoms with Crippen LogP contribution < -0.4 is 5.32 Å². The van der Waals surface area contributed by atoms with Gasteiger partial charge in [-0.25, -0.2) is 0 Å². The van der Waals surface area contributed by atoms with Crippen molar-refractivity contribution in [2.24, 2.45) is 5.92 Å². The van der Waals surface area contributed by atoms with Crippen molar-refractivity contribution < 1.29 is 4.79 Å². The molecule has 3 heteroatoms. The van der Waals surface area contributed by atoms with Crippen molar-refractivity contribution in [1.29, 1.82) is 0 Å². The smallest absolute Gasteiger partial charge is 0.225 e. The molecule has 0 aromatic heterocycles. The lowest BCUT2D eigenvalue weighted by Gasteiger charge is -2.36. The van der Waals surface area contributed by atoms with Crippen molar-refractivity contribution >= 4 is 5.91 Å². The highest BCUT2D eigenvalue weighted by molar-refractivity contribution is 5.79. The van der Waals surface area contributed by atoms with Crippen LogP contribution in [0.3, 0.4) is 0 Å². The van der Waals surface area contributed by atoms with E-state index >= 15 is 0 Å². The topological polar surface area (TPSA) is 32.3 Å². The molecule has 1 saturated carbocycles. The number of likely N-dealkylation sites (N-methyl/N-ethyl adjacent to an activating group) is 1. The Labute approximate surface area is 85.8 Å². The van der Waals surface area contributed by atoms with Crippen molar-refractivity contribution in [3.05, 3.63) is 0 Å². The molecule has 1 N–H and O–H groups in total. The predicted molar refractivity (Wildman–Crippen MR) is 56.0 cm³/mol. The van der Waals surface area contributed by atoms with Gasteiger partial charge in [0, 0.05) is 25.6 Å². The molecule has 0 aromatic carbocycles. The van der Waals surface area contributed by atoms with Gasteiger partial charge in [0.15, 0.2) is 0 Å². The minimum Gasteiger partial charge on any atom is -0.341 e. The molecule has 2 fully saturated rings. The number of hydrogen-bond donors (Lipinski definition) is 1. The maximum atomic E-state index is 11.9. The summed E-state index contributed by atoms with van der Waals surface area (Å²) < 4.78 is 0. The van der Waals surface area contributed by atoms with Crippen molar-refractivity contribution in [2.45, 2.75) is 38.1 Å². The highest BCUT2D eigenvalue weighted by Gasteiger charge is 2.31. The Hall–Kier alpha value is -0.570. The minimum absolute atomic E-state index is 0.349. The molecule has 1 aliphatic heterocycles. The van der Waals surface area contributed by atoms with Crippen LogP contribution in [0.15, 0.2) is 0 Å². The Morgan fingerprint density at radius 2 is 2.07 bits per heavy atom. The largest absolute Gasteiger partial charge is 0.341 e. The maximum Gasteiger partial charge on any atom is 0.225 e. The SMILES string of the molecule is CN(C(=O)C1CCC1)[C@H]1CCCNC1. The lowest BCUT2D eigenvalue weighted by atomic mass is 9.84. The van der Waals surface area contributed by atoms with Crippen LogP contribution in [0.1, 0.15) is 32.1 Å². The quantitative estimate of drug-likeness (QED) is 0.714. The summed E-state index contributed by atoms with van der Waals surface area (Å²) in [6.07, 6.45) is 5.84. The van der Waals surface area contributed by atoms with Crippen molar-refractivity contribution in [3.63, 3.8) is 0 Å². The predicted octanol–water partition coefficient (Wildman–Crippen LogP) is 0.997. The molecule has 1 saturated heterocycles. The molecule has 1 amide bonds. The Bertz CT molecular complexity index is 207. The molecule has 0 unspecified atom stereocenters. The van der Waals surface area contributed by atoms with Crippen LogP contribution in [0.5, 0.6) is 0 Å². The monoisotopic (exact) mass is 196 g/mol. The summed E-state index contributed by atoms with van der Waals surface area (Å²) in [6.45, 7) is 2.09. The van der Waals surface area contributed by atoms with Gasteiger partial charge in [-0.1, -0.05) is 6.42 Å². The number of amides is 1. The van der Waals surface area contributed by atoms with E-state index in [2.05, 4.69) is 5.32 Å². The molecule has 80 valence electrons. The fraction of sp³-hybridized carbons (Fsp3) is 0.909. The third-order valence-electron chi connectivity index (χ3n) is 3.62. The Morgan fingerprint density at radius 1 is 1.29 bits per heavy atom. The molecule has 0 spiro atoms. The fourth-order valence-corrected chi connectivity index (χ4v) is 2.29. The van der Waals surface area contributed by atoms with Crippen LogP contribution in [0.4, 0.5) is 0 Å². The van der Waals surface area contributed by atoms with Crippen LogP contribution in [0, 0.1) is 5.92 Å². The molecule has 14 heavy (non-hydrogen) atoms. The van der Waals surface area contributed by atoms with E-state index in [9.17, 15) is 4.79 Å². The first kappa shape index (κ1) is 9.97. The highest BCUT2D eigenvalue weighted by Crippen LogP contribution is 2.28. The number of piperidine rings is 1. The zero-order chi connectivity index (χ0) is 9.97. The zero-order valence-corrected chi connectivity index (χ0v) is 8.96. The number of carbonyl (C=O) groups is 1. The van der Waals surface area contributed by atoms with Crippen molar-refractivity contribution in [3.8, 4) is 0 Å². The second-order valence-corrected chi connectivity index (χ2v) is 4.58. The molecule has 1 heterocycles. The number of nitrogens with one attached hydrogen (secondary N) is 1. The molecule has 0 aromatic rings. The van der Waals surface area contributed by atoms with E-state index < -0.39 is 0 Å². The molecule has 0 radical (unpaired) electrons. The van der Waals surface area contributed by atoms with Gasteiger partial charge in [0.25, 0.3) is 0 Å². The summed E-state index contributed by atoms with van der Waals surface area (Å²) in [6, 6.07) is 0.442. The molecule has 1 atom stereocenters. The minimum atomic E-state index is 0.349. The molecule has 0 bridgehead atoms. The van der Waals surface area contributed by atoms with E-state index in [1.807, 2.05) is 11.9 Å². The average molecular weight is 196 g/mol. The number of carbonyl (C=O) groups excluding carboxylic acids is 1. The summed E-state index contributed by atoms with van der Waals surface area (Å²) in [7, 11) is 1.97. The van der Waals surface area contributed by atoms with Gasteiger partial charge in [-0.2, -0.15) is 0 Å². The van der Waals surface area contributed by atoms with E-state index in [1.165, 1.54) is 19.3 Å². The first-order chi connectivity index (χ1) is 6.79. The van der Waals surface area contributed by atoms with Gasteiger partial charge in [-0.15, -0.1) is 0 Å². The summed E-state index contributed by atoms with van der Waals surface area (Å²) >= 11 is 0. The summed E-state index contributed by atoms with van der Waals surface area (Å²) in [5.41, 5.74) is 0. The second-order valence-electron chi connectivity index (χ2n) is 4.58. The van der Waals surface area contributed by atoms with Crippen molar-refractivity contribution in [2.75, 3.05) is 20.1 Å². The van der Waals surface area contributed by atoms with Crippen LogP contribution in [0.25, 0.3) is 0 Å². The van der Waals surface area contributed by atoms with E-state index in [-0.39, 0.29) is 0 Å². The van der Waals surface area contributed by atoms with Crippen LogP contribution in [0.2, 0.25) is 0 Å². The first-order valence-electron chi connectivity index (χ1n) is 5.76.